The third-order valence-electron chi connectivity index (χ3n) is 3.09. The van der Waals surface area contributed by atoms with Crippen LogP contribution in [-0.2, 0) is 14.8 Å². The lowest BCUT2D eigenvalue weighted by atomic mass is 10.0. The second-order valence-electron chi connectivity index (χ2n) is 5.11. The van der Waals surface area contributed by atoms with Gasteiger partial charge in [-0.05, 0) is 30.5 Å². The number of hydrogen-bond donors (Lipinski definition) is 3. The van der Waals surface area contributed by atoms with Crippen LogP contribution in [0.4, 0.5) is 0 Å². The molecule has 0 saturated heterocycles. The fourth-order valence-electron chi connectivity index (χ4n) is 1.64. The monoisotopic (exact) mass is 299 g/mol. The number of sulfonamides is 1. The fraction of sp³-hybridized carbons (Fsp3) is 0.462. The first kappa shape index (κ1) is 16.6. The molecule has 0 aliphatic rings. The highest BCUT2D eigenvalue weighted by atomic mass is 32.2. The van der Waals surface area contributed by atoms with E-state index in [9.17, 15) is 13.2 Å². The zero-order valence-electron chi connectivity index (χ0n) is 11.8. The first-order valence-corrected chi connectivity index (χ1v) is 7.86. The Morgan fingerprint density at radius 2 is 1.65 bits per heavy atom. The van der Waals surface area contributed by atoms with E-state index in [0.717, 1.165) is 5.56 Å². The molecule has 5 N–H and O–H groups in total. The van der Waals surface area contributed by atoms with Crippen LogP contribution in [0.5, 0.6) is 0 Å². The summed E-state index contributed by atoms with van der Waals surface area (Å²) in [4.78, 5) is 11.9. The number of hydrogen-bond acceptors (Lipinski definition) is 4. The Hall–Kier alpha value is -1.44. The molecule has 1 amide bonds. The van der Waals surface area contributed by atoms with Crippen molar-refractivity contribution in [1.82, 2.24) is 5.32 Å². The van der Waals surface area contributed by atoms with Gasteiger partial charge in [-0.1, -0.05) is 26.0 Å². The number of benzene rings is 1. The fourth-order valence-corrected chi connectivity index (χ4v) is 2.16. The van der Waals surface area contributed by atoms with Crippen LogP contribution in [0.25, 0.3) is 0 Å². The maximum absolute atomic E-state index is 11.8. The molecule has 0 fully saturated rings. The Morgan fingerprint density at radius 3 is 2.05 bits per heavy atom. The van der Waals surface area contributed by atoms with Gasteiger partial charge < -0.3 is 11.1 Å². The lowest BCUT2D eigenvalue weighted by molar-refractivity contribution is -0.123. The lowest BCUT2D eigenvalue weighted by Crippen LogP contribution is -2.44. The summed E-state index contributed by atoms with van der Waals surface area (Å²) in [5.41, 5.74) is 6.54. The van der Waals surface area contributed by atoms with E-state index in [0.29, 0.717) is 0 Å². The molecule has 2 atom stereocenters. The molecule has 1 aromatic rings. The number of rotatable bonds is 5. The van der Waals surface area contributed by atoms with Gasteiger partial charge >= 0.3 is 0 Å². The van der Waals surface area contributed by atoms with Gasteiger partial charge in [0.2, 0.25) is 15.9 Å². The molecule has 0 bridgehead atoms. The second-order valence-corrected chi connectivity index (χ2v) is 6.68. The van der Waals surface area contributed by atoms with Crippen molar-refractivity contribution < 1.29 is 13.2 Å². The molecule has 0 spiro atoms. The Morgan fingerprint density at radius 1 is 1.15 bits per heavy atom. The Labute approximate surface area is 119 Å². The smallest absolute Gasteiger partial charge is 0.238 e. The van der Waals surface area contributed by atoms with Crippen LogP contribution < -0.4 is 16.2 Å². The lowest BCUT2D eigenvalue weighted by Gasteiger charge is -2.20. The van der Waals surface area contributed by atoms with Crippen LogP contribution in [0.2, 0.25) is 0 Å². The van der Waals surface area contributed by atoms with Crippen LogP contribution >= 0.6 is 0 Å². The van der Waals surface area contributed by atoms with Gasteiger partial charge in [-0.3, -0.25) is 4.79 Å². The third kappa shape index (κ3) is 4.29. The van der Waals surface area contributed by atoms with Gasteiger partial charge in [-0.2, -0.15) is 0 Å². The van der Waals surface area contributed by atoms with Crippen LogP contribution in [0.3, 0.4) is 0 Å². The number of primary sulfonamides is 1. The first-order chi connectivity index (χ1) is 9.12. The average molecular weight is 299 g/mol. The normalized spacial score (nSPS) is 14.9. The van der Waals surface area contributed by atoms with Gasteiger partial charge in [0.25, 0.3) is 0 Å². The summed E-state index contributed by atoms with van der Waals surface area (Å²) in [6, 6.07) is 5.23. The minimum Gasteiger partial charge on any atom is -0.348 e. The Kier molecular flexibility index (Phi) is 5.27. The molecule has 7 heteroatoms. The molecule has 1 aromatic carbocycles. The molecule has 0 aliphatic heterocycles. The van der Waals surface area contributed by atoms with Gasteiger partial charge in [0.05, 0.1) is 17.0 Å². The topological polar surface area (TPSA) is 115 Å². The summed E-state index contributed by atoms with van der Waals surface area (Å²) in [7, 11) is -3.70. The highest BCUT2D eigenvalue weighted by Crippen LogP contribution is 2.15. The Bertz CT molecular complexity index is 567. The largest absolute Gasteiger partial charge is 0.348 e. The number of amides is 1. The highest BCUT2D eigenvalue weighted by molar-refractivity contribution is 7.89. The van der Waals surface area contributed by atoms with Crippen LogP contribution in [0.1, 0.15) is 32.4 Å². The predicted octanol–water partition coefficient (Wildman–Crippen LogP) is 0.495. The van der Waals surface area contributed by atoms with Crippen molar-refractivity contribution in [3.8, 4) is 0 Å². The molecule has 1 unspecified atom stereocenters. The predicted molar refractivity (Wildman–Crippen MR) is 77.2 cm³/mol. The standard InChI is InChI=1S/C13H21N3O3S/c1-8(2)12(14)13(17)16-9(3)10-4-6-11(7-5-10)20(15,18)19/h4-9,12H,14H2,1-3H3,(H,16,17)(H2,15,18,19)/t9?,12-/m0/s1. The van der Waals surface area contributed by atoms with Gasteiger partial charge in [-0.25, -0.2) is 13.6 Å². The summed E-state index contributed by atoms with van der Waals surface area (Å²) in [6.45, 7) is 5.54. The number of nitrogens with one attached hydrogen (secondary N) is 1. The zero-order chi connectivity index (χ0) is 15.5. The van der Waals surface area contributed by atoms with Crippen LogP contribution in [0, 0.1) is 5.92 Å². The van der Waals surface area contributed by atoms with E-state index >= 15 is 0 Å². The van der Waals surface area contributed by atoms with Crippen molar-refractivity contribution in [2.45, 2.75) is 37.8 Å². The van der Waals surface area contributed by atoms with E-state index in [1.807, 2.05) is 13.8 Å². The minimum absolute atomic E-state index is 0.0404. The minimum atomic E-state index is -3.70. The van der Waals surface area contributed by atoms with Crippen molar-refractivity contribution in [1.29, 1.82) is 0 Å². The van der Waals surface area contributed by atoms with Crippen LogP contribution in [0.15, 0.2) is 29.2 Å². The van der Waals surface area contributed by atoms with E-state index in [2.05, 4.69) is 5.32 Å². The summed E-state index contributed by atoms with van der Waals surface area (Å²) in [5, 5.41) is 7.81. The summed E-state index contributed by atoms with van der Waals surface area (Å²) in [6.07, 6.45) is 0. The molecular weight excluding hydrogens is 278 g/mol. The average Bonchev–Trinajstić information content (AvgIpc) is 2.36. The van der Waals surface area contributed by atoms with Crippen molar-refractivity contribution in [2.75, 3.05) is 0 Å². The van der Waals surface area contributed by atoms with Crippen LogP contribution in [-0.4, -0.2) is 20.4 Å². The summed E-state index contributed by atoms with van der Waals surface area (Å²) in [5.74, 6) is -0.185. The molecular formula is C13H21N3O3S. The van der Waals surface area contributed by atoms with E-state index in [1.165, 1.54) is 12.1 Å². The van der Waals surface area contributed by atoms with Crippen molar-refractivity contribution in [2.24, 2.45) is 16.8 Å². The van der Waals surface area contributed by atoms with Gasteiger partial charge in [-0.15, -0.1) is 0 Å². The molecule has 0 aliphatic carbocycles. The highest BCUT2D eigenvalue weighted by Gasteiger charge is 2.19. The maximum atomic E-state index is 11.8. The quantitative estimate of drug-likeness (QED) is 0.734. The number of nitrogens with two attached hydrogens (primary N) is 2. The van der Waals surface area contributed by atoms with Crippen molar-refractivity contribution in [3.63, 3.8) is 0 Å². The Balaban J connectivity index is 2.79. The number of carbonyl (C=O) groups is 1. The molecule has 0 heterocycles. The van der Waals surface area contributed by atoms with Gasteiger partial charge in [0.1, 0.15) is 0 Å². The maximum Gasteiger partial charge on any atom is 0.238 e. The van der Waals surface area contributed by atoms with E-state index in [4.69, 9.17) is 10.9 Å². The molecule has 20 heavy (non-hydrogen) atoms. The zero-order valence-corrected chi connectivity index (χ0v) is 12.6. The summed E-state index contributed by atoms with van der Waals surface area (Å²) < 4.78 is 22.3. The van der Waals surface area contributed by atoms with Crippen molar-refractivity contribution >= 4 is 15.9 Å². The molecule has 0 aromatic heterocycles. The van der Waals surface area contributed by atoms with E-state index in [1.54, 1.807) is 19.1 Å². The molecule has 112 valence electrons. The van der Waals surface area contributed by atoms with Gasteiger partial charge in [0.15, 0.2) is 0 Å². The SMILES string of the molecule is CC(NC(=O)[C@@H](N)C(C)C)c1ccc(S(N)(=O)=O)cc1. The summed E-state index contributed by atoms with van der Waals surface area (Å²) >= 11 is 0. The number of carbonyl (C=O) groups excluding carboxylic acids is 1. The second kappa shape index (κ2) is 6.34. The van der Waals surface area contributed by atoms with Crippen molar-refractivity contribution in [3.05, 3.63) is 29.8 Å². The first-order valence-electron chi connectivity index (χ1n) is 6.31. The molecule has 0 radical (unpaired) electrons. The van der Waals surface area contributed by atoms with Gasteiger partial charge in [0, 0.05) is 0 Å². The van der Waals surface area contributed by atoms with E-state index in [-0.39, 0.29) is 22.8 Å². The van der Waals surface area contributed by atoms with E-state index < -0.39 is 16.1 Å². The molecule has 1 rings (SSSR count). The molecule has 0 saturated carbocycles. The molecule has 6 nitrogen and oxygen atoms in total. The third-order valence-corrected chi connectivity index (χ3v) is 4.02.